The summed E-state index contributed by atoms with van der Waals surface area (Å²) in [5.41, 5.74) is 0.168. The molecule has 2 aromatic carbocycles. The third kappa shape index (κ3) is 5.64. The van der Waals surface area contributed by atoms with Gasteiger partial charge in [0.1, 0.15) is 11.4 Å². The summed E-state index contributed by atoms with van der Waals surface area (Å²) in [6.07, 6.45) is 2.02. The number of benzene rings is 2. The van der Waals surface area contributed by atoms with Gasteiger partial charge in [0.2, 0.25) is 5.91 Å². The van der Waals surface area contributed by atoms with Crippen molar-refractivity contribution in [2.24, 2.45) is 0 Å². The first-order valence-corrected chi connectivity index (χ1v) is 11.3. The first-order chi connectivity index (χ1) is 16.1. The molecule has 0 heterocycles. The van der Waals surface area contributed by atoms with Crippen molar-refractivity contribution in [2.75, 3.05) is 39.2 Å². The second-order valence-corrected chi connectivity index (χ2v) is 8.54. The molecule has 2 aromatic rings. The van der Waals surface area contributed by atoms with Crippen LogP contribution in [0.2, 0.25) is 0 Å². The second-order valence-electron chi connectivity index (χ2n) is 6.71. The number of methoxy groups -OCH3 is 2. The van der Waals surface area contributed by atoms with E-state index < -0.39 is 39.2 Å². The van der Waals surface area contributed by atoms with E-state index in [0.717, 1.165) is 10.4 Å². The van der Waals surface area contributed by atoms with E-state index in [1.165, 1.54) is 64.7 Å². The van der Waals surface area contributed by atoms with E-state index in [-0.39, 0.29) is 28.3 Å². The molecule has 2 rings (SSSR count). The third-order valence-corrected chi connectivity index (χ3v) is 6.43. The Labute approximate surface area is 197 Å². The fourth-order valence-corrected chi connectivity index (χ4v) is 4.70. The molecular formula is C22H25N3O8S. The topological polar surface area (TPSA) is 151 Å². The van der Waals surface area contributed by atoms with Gasteiger partial charge in [0.25, 0.3) is 15.9 Å². The lowest BCUT2D eigenvalue weighted by Crippen LogP contribution is -2.41. The number of rotatable bonds is 10. The van der Waals surface area contributed by atoms with Gasteiger partial charge in [0, 0.05) is 20.2 Å². The number of hydrogen-bond acceptors (Lipinski definition) is 7. The van der Waals surface area contributed by atoms with Gasteiger partial charge in [0.05, 0.1) is 25.5 Å². The molecule has 0 atom stereocenters. The predicted molar refractivity (Wildman–Crippen MR) is 125 cm³/mol. The summed E-state index contributed by atoms with van der Waals surface area (Å²) in [7, 11) is 0.719. The molecule has 11 nitrogen and oxygen atoms in total. The zero-order valence-electron chi connectivity index (χ0n) is 19.0. The number of hydrogen-bond donors (Lipinski definition) is 3. The lowest BCUT2D eigenvalue weighted by molar-refractivity contribution is -0.131. The van der Waals surface area contributed by atoms with Crippen molar-refractivity contribution in [2.45, 2.75) is 4.90 Å². The highest BCUT2D eigenvalue weighted by molar-refractivity contribution is 7.93. The molecule has 0 aliphatic heterocycles. The van der Waals surface area contributed by atoms with Crippen molar-refractivity contribution >= 4 is 39.6 Å². The van der Waals surface area contributed by atoms with E-state index in [0.29, 0.717) is 0 Å². The molecule has 0 saturated heterocycles. The number of amides is 2. The Bertz CT molecular complexity index is 1220. The van der Waals surface area contributed by atoms with Crippen LogP contribution in [0.4, 0.5) is 5.69 Å². The summed E-state index contributed by atoms with van der Waals surface area (Å²) >= 11 is 0. The zero-order chi connectivity index (χ0) is 25.5. The molecule has 0 radical (unpaired) electrons. The molecule has 2 amide bonds. The molecular weight excluding hydrogens is 466 g/mol. The molecule has 3 N–H and O–H groups in total. The number of ether oxygens (including phenoxy) is 2. The monoisotopic (exact) mass is 491 g/mol. The van der Waals surface area contributed by atoms with Crippen LogP contribution in [0.3, 0.4) is 0 Å². The van der Waals surface area contributed by atoms with Crippen molar-refractivity contribution in [1.82, 2.24) is 10.6 Å². The fourth-order valence-electron chi connectivity index (χ4n) is 3.05. The molecule has 0 saturated carbocycles. The Morgan fingerprint density at radius 3 is 2.29 bits per heavy atom. The number of anilines is 1. The van der Waals surface area contributed by atoms with Crippen molar-refractivity contribution in [3.8, 4) is 11.5 Å². The van der Waals surface area contributed by atoms with Gasteiger partial charge in [0.15, 0.2) is 11.5 Å². The van der Waals surface area contributed by atoms with E-state index >= 15 is 0 Å². The van der Waals surface area contributed by atoms with Gasteiger partial charge in [-0.3, -0.25) is 13.9 Å². The smallest absolute Gasteiger partial charge is 0.328 e. The molecule has 0 aromatic heterocycles. The molecule has 0 unspecified atom stereocenters. The normalized spacial score (nSPS) is 11.1. The summed E-state index contributed by atoms with van der Waals surface area (Å²) in [4.78, 5) is 35.3. The van der Waals surface area contributed by atoms with Crippen molar-refractivity contribution < 1.29 is 37.4 Å². The van der Waals surface area contributed by atoms with Gasteiger partial charge < -0.3 is 25.2 Å². The highest BCUT2D eigenvalue weighted by atomic mass is 32.2. The molecule has 0 spiro atoms. The van der Waals surface area contributed by atoms with Gasteiger partial charge in [-0.15, -0.1) is 0 Å². The Morgan fingerprint density at radius 2 is 1.74 bits per heavy atom. The second kappa shape index (κ2) is 11.2. The van der Waals surface area contributed by atoms with E-state index in [1.807, 2.05) is 0 Å². The summed E-state index contributed by atoms with van der Waals surface area (Å²) in [5, 5.41) is 13.8. The van der Waals surface area contributed by atoms with Crippen LogP contribution in [0.5, 0.6) is 11.5 Å². The van der Waals surface area contributed by atoms with E-state index in [1.54, 1.807) is 6.07 Å². The molecule has 0 aliphatic carbocycles. The minimum absolute atomic E-state index is 0.0188. The standard InChI is InChI=1S/C22H25N3O8S/c1-23-19(26)13-25(16-8-6-5-7-15(16)22(29)24-2)34(30,31)18-12-14(9-10-20(27)28)11-17(32-3)21(18)33-4/h5-12H,13H2,1-4H3,(H,23,26)(H,24,29)(H,27,28)/b10-9-. The zero-order valence-corrected chi connectivity index (χ0v) is 19.8. The fraction of sp³-hybridized carbons (Fsp3) is 0.227. The number of nitrogens with one attached hydrogen (secondary N) is 2. The molecule has 0 aliphatic rings. The SMILES string of the molecule is CNC(=O)CN(c1ccccc1C(=O)NC)S(=O)(=O)c1cc(/C=C\C(=O)O)cc(OC)c1OC. The number of carbonyl (C=O) groups is 3. The Hall–Kier alpha value is -4.06. The minimum atomic E-state index is -4.55. The van der Waals surface area contributed by atoms with Crippen LogP contribution < -0.4 is 24.4 Å². The number of carboxylic acid groups (broad SMARTS) is 1. The first kappa shape index (κ1) is 26.2. The number of nitrogens with zero attached hydrogens (tertiary/aromatic N) is 1. The van der Waals surface area contributed by atoms with Crippen molar-refractivity contribution in [3.63, 3.8) is 0 Å². The molecule has 0 fully saturated rings. The minimum Gasteiger partial charge on any atom is -0.493 e. The van der Waals surface area contributed by atoms with E-state index in [9.17, 15) is 22.8 Å². The quantitative estimate of drug-likeness (QED) is 0.418. The van der Waals surface area contributed by atoms with Crippen LogP contribution in [0.15, 0.2) is 47.4 Å². The molecule has 12 heteroatoms. The van der Waals surface area contributed by atoms with Crippen molar-refractivity contribution in [1.29, 1.82) is 0 Å². The van der Waals surface area contributed by atoms with Gasteiger partial charge in [-0.05, 0) is 35.9 Å². The Morgan fingerprint density at radius 1 is 1.06 bits per heavy atom. The summed E-state index contributed by atoms with van der Waals surface area (Å²) in [5.74, 6) is -2.57. The maximum atomic E-state index is 13.9. The highest BCUT2D eigenvalue weighted by Gasteiger charge is 2.33. The number of para-hydroxylation sites is 1. The van der Waals surface area contributed by atoms with Crippen LogP contribution in [-0.4, -0.2) is 66.2 Å². The van der Waals surface area contributed by atoms with Crippen LogP contribution >= 0.6 is 0 Å². The van der Waals surface area contributed by atoms with Gasteiger partial charge in [-0.2, -0.15) is 0 Å². The van der Waals surface area contributed by atoms with Crippen LogP contribution in [-0.2, 0) is 19.6 Å². The maximum Gasteiger partial charge on any atom is 0.328 e. The summed E-state index contributed by atoms with van der Waals surface area (Å²) in [6, 6.07) is 8.49. The number of likely N-dealkylation sites (N-methyl/N-ethyl adjacent to an activating group) is 1. The summed E-state index contributed by atoms with van der Waals surface area (Å²) in [6.45, 7) is -0.645. The van der Waals surface area contributed by atoms with E-state index in [4.69, 9.17) is 14.6 Å². The number of sulfonamides is 1. The largest absolute Gasteiger partial charge is 0.493 e. The first-order valence-electron chi connectivity index (χ1n) is 9.82. The number of aliphatic carboxylic acids is 1. The lowest BCUT2D eigenvalue weighted by atomic mass is 10.1. The number of carboxylic acids is 1. The van der Waals surface area contributed by atoms with Gasteiger partial charge >= 0.3 is 5.97 Å². The van der Waals surface area contributed by atoms with Gasteiger partial charge in [-0.25, -0.2) is 13.2 Å². The molecule has 34 heavy (non-hydrogen) atoms. The third-order valence-electron chi connectivity index (χ3n) is 4.66. The lowest BCUT2D eigenvalue weighted by Gasteiger charge is -2.27. The van der Waals surface area contributed by atoms with E-state index in [2.05, 4.69) is 10.6 Å². The highest BCUT2D eigenvalue weighted by Crippen LogP contribution is 2.39. The van der Waals surface area contributed by atoms with Crippen LogP contribution in [0.1, 0.15) is 15.9 Å². The van der Waals surface area contributed by atoms with Gasteiger partial charge in [-0.1, -0.05) is 12.1 Å². The maximum absolute atomic E-state index is 13.9. The Kier molecular flexibility index (Phi) is 8.62. The van der Waals surface area contributed by atoms with Crippen molar-refractivity contribution in [3.05, 3.63) is 53.6 Å². The number of carbonyl (C=O) groups excluding carboxylic acids is 2. The molecule has 182 valence electrons. The molecule has 0 bridgehead atoms. The van der Waals surface area contributed by atoms with Crippen LogP contribution in [0, 0.1) is 0 Å². The Balaban J connectivity index is 2.86. The predicted octanol–water partition coefficient (Wildman–Crippen LogP) is 1.10. The average molecular weight is 492 g/mol. The average Bonchev–Trinajstić information content (AvgIpc) is 2.84. The van der Waals surface area contributed by atoms with Crippen LogP contribution in [0.25, 0.3) is 6.08 Å². The summed E-state index contributed by atoms with van der Waals surface area (Å²) < 4.78 is 39.2.